The number of sulfone groups is 1. The molecule has 1 N–H and O–H groups in total. The fourth-order valence-corrected chi connectivity index (χ4v) is 3.67. The number of hydrogen-bond donors (Lipinski definition) is 1. The van der Waals surface area contributed by atoms with E-state index in [9.17, 15) is 8.42 Å². The van der Waals surface area contributed by atoms with Gasteiger partial charge in [-0.15, -0.1) is 0 Å². The zero-order valence-corrected chi connectivity index (χ0v) is 15.3. The minimum atomic E-state index is -3.20. The quantitative estimate of drug-likeness (QED) is 0.622. The molecule has 25 heavy (non-hydrogen) atoms. The molecular formula is C19H25NO4S. The smallest absolute Gasteiger partial charge is 0.178 e. The summed E-state index contributed by atoms with van der Waals surface area (Å²) >= 11 is 0. The maximum Gasteiger partial charge on any atom is 0.178 e. The van der Waals surface area contributed by atoms with E-state index in [-0.39, 0.29) is 5.75 Å². The first-order valence-corrected chi connectivity index (χ1v) is 10.1. The average Bonchev–Trinajstić information content (AvgIpc) is 2.63. The van der Waals surface area contributed by atoms with E-state index in [0.717, 1.165) is 11.5 Å². The Kier molecular flexibility index (Phi) is 7.76. The van der Waals surface area contributed by atoms with Crippen LogP contribution in [-0.2, 0) is 9.84 Å². The van der Waals surface area contributed by atoms with Gasteiger partial charge < -0.3 is 14.8 Å². The van der Waals surface area contributed by atoms with Crippen molar-refractivity contribution >= 4 is 9.84 Å². The fraction of sp³-hybridized carbons (Fsp3) is 0.368. The number of benzene rings is 2. The van der Waals surface area contributed by atoms with Crippen molar-refractivity contribution < 1.29 is 17.9 Å². The normalized spacial score (nSPS) is 11.2. The van der Waals surface area contributed by atoms with Crippen LogP contribution >= 0.6 is 0 Å². The molecule has 0 saturated heterocycles. The van der Waals surface area contributed by atoms with Gasteiger partial charge >= 0.3 is 0 Å². The first-order valence-electron chi connectivity index (χ1n) is 8.46. The van der Waals surface area contributed by atoms with Gasteiger partial charge in [-0.05, 0) is 44.2 Å². The molecule has 0 aliphatic carbocycles. The molecule has 2 rings (SSSR count). The van der Waals surface area contributed by atoms with E-state index in [2.05, 4.69) is 5.32 Å². The van der Waals surface area contributed by atoms with E-state index in [1.807, 2.05) is 37.3 Å². The van der Waals surface area contributed by atoms with Crippen LogP contribution in [0.15, 0.2) is 59.5 Å². The second-order valence-electron chi connectivity index (χ2n) is 5.46. The van der Waals surface area contributed by atoms with Gasteiger partial charge in [0.05, 0.1) is 17.3 Å². The number of rotatable bonds is 11. The number of nitrogens with one attached hydrogen (secondary N) is 1. The van der Waals surface area contributed by atoms with Gasteiger partial charge in [0, 0.05) is 6.54 Å². The minimum Gasteiger partial charge on any atom is -0.490 e. The number of para-hydroxylation sites is 2. The first-order chi connectivity index (χ1) is 12.1. The molecule has 0 spiro atoms. The molecule has 2 aromatic carbocycles. The second-order valence-corrected chi connectivity index (χ2v) is 7.57. The van der Waals surface area contributed by atoms with Gasteiger partial charge in [-0.2, -0.15) is 0 Å². The number of ether oxygens (including phenoxy) is 2. The highest BCUT2D eigenvalue weighted by Gasteiger charge is 2.12. The third-order valence-corrected chi connectivity index (χ3v) is 5.37. The van der Waals surface area contributed by atoms with Gasteiger partial charge in [0.1, 0.15) is 6.61 Å². The largest absolute Gasteiger partial charge is 0.490 e. The third kappa shape index (κ3) is 6.40. The summed E-state index contributed by atoms with van der Waals surface area (Å²) < 4.78 is 35.5. The third-order valence-electron chi connectivity index (χ3n) is 3.55. The Hall–Kier alpha value is -2.05. The highest BCUT2D eigenvalue weighted by atomic mass is 32.2. The van der Waals surface area contributed by atoms with Gasteiger partial charge in [-0.3, -0.25) is 0 Å². The highest BCUT2D eigenvalue weighted by molar-refractivity contribution is 7.91. The predicted molar refractivity (Wildman–Crippen MR) is 99.1 cm³/mol. The summed E-state index contributed by atoms with van der Waals surface area (Å²) in [6.45, 7) is 4.29. The van der Waals surface area contributed by atoms with E-state index < -0.39 is 9.84 Å². The van der Waals surface area contributed by atoms with E-state index in [0.29, 0.717) is 37.6 Å². The molecule has 0 amide bonds. The Morgan fingerprint density at radius 2 is 1.52 bits per heavy atom. The molecule has 0 aliphatic rings. The van der Waals surface area contributed by atoms with E-state index in [1.54, 1.807) is 24.3 Å². The lowest BCUT2D eigenvalue weighted by Crippen LogP contribution is -2.24. The molecule has 0 bridgehead atoms. The van der Waals surface area contributed by atoms with Crippen LogP contribution in [-0.4, -0.2) is 40.5 Å². The molecule has 136 valence electrons. The molecule has 5 nitrogen and oxygen atoms in total. The Morgan fingerprint density at radius 3 is 2.20 bits per heavy atom. The van der Waals surface area contributed by atoms with Crippen LogP contribution < -0.4 is 14.8 Å². The zero-order valence-electron chi connectivity index (χ0n) is 14.5. The Bertz CT molecular complexity index is 732. The summed E-state index contributed by atoms with van der Waals surface area (Å²) in [6, 6.07) is 16.1. The Labute approximate surface area is 149 Å². The summed E-state index contributed by atoms with van der Waals surface area (Å²) in [4.78, 5) is 0.380. The second kappa shape index (κ2) is 10.1. The predicted octanol–water partition coefficient (Wildman–Crippen LogP) is 2.92. The van der Waals surface area contributed by atoms with E-state index >= 15 is 0 Å². The van der Waals surface area contributed by atoms with Gasteiger partial charge in [0.15, 0.2) is 21.3 Å². The Balaban J connectivity index is 1.64. The molecule has 0 saturated carbocycles. The van der Waals surface area contributed by atoms with Crippen molar-refractivity contribution in [3.05, 3.63) is 54.6 Å². The van der Waals surface area contributed by atoms with Crippen LogP contribution in [0.2, 0.25) is 0 Å². The zero-order chi connectivity index (χ0) is 18.0. The fourth-order valence-electron chi connectivity index (χ4n) is 2.34. The summed E-state index contributed by atoms with van der Waals surface area (Å²) in [7, 11) is -3.20. The van der Waals surface area contributed by atoms with Crippen molar-refractivity contribution in [3.8, 4) is 11.5 Å². The average molecular weight is 363 g/mol. The monoisotopic (exact) mass is 363 g/mol. The van der Waals surface area contributed by atoms with Crippen LogP contribution in [0.5, 0.6) is 11.5 Å². The Morgan fingerprint density at radius 1 is 0.880 bits per heavy atom. The van der Waals surface area contributed by atoms with Crippen LogP contribution in [0.1, 0.15) is 13.3 Å². The van der Waals surface area contributed by atoms with E-state index in [4.69, 9.17) is 9.47 Å². The van der Waals surface area contributed by atoms with Crippen molar-refractivity contribution in [2.45, 2.75) is 18.2 Å². The lowest BCUT2D eigenvalue weighted by molar-refractivity contribution is 0.276. The SMILES string of the molecule is CCOc1ccccc1OCCNCCCS(=O)(=O)c1ccccc1. The summed E-state index contributed by atoms with van der Waals surface area (Å²) in [5.74, 6) is 1.59. The standard InChI is InChI=1S/C19H25NO4S/c1-2-23-18-11-6-7-12-19(18)24-15-14-20-13-8-16-25(21,22)17-9-4-3-5-10-17/h3-7,9-12,20H,2,8,13-16H2,1H3. The minimum absolute atomic E-state index is 0.137. The van der Waals surface area contributed by atoms with Gasteiger partial charge in [0.25, 0.3) is 0 Å². The maximum absolute atomic E-state index is 12.1. The topological polar surface area (TPSA) is 64.6 Å². The molecule has 0 atom stereocenters. The molecule has 0 heterocycles. The molecule has 0 unspecified atom stereocenters. The summed E-state index contributed by atoms with van der Waals surface area (Å²) in [6.07, 6.45) is 0.562. The van der Waals surface area contributed by atoms with E-state index in [1.165, 1.54) is 0 Å². The molecule has 0 radical (unpaired) electrons. The molecule has 2 aromatic rings. The summed E-state index contributed by atoms with van der Waals surface area (Å²) in [5.41, 5.74) is 0. The molecule has 0 aliphatic heterocycles. The van der Waals surface area contributed by atoms with Crippen molar-refractivity contribution in [2.75, 3.05) is 32.1 Å². The van der Waals surface area contributed by atoms with Gasteiger partial charge in [0.2, 0.25) is 0 Å². The molecule has 0 fully saturated rings. The van der Waals surface area contributed by atoms with Crippen LogP contribution in [0, 0.1) is 0 Å². The highest BCUT2D eigenvalue weighted by Crippen LogP contribution is 2.25. The maximum atomic E-state index is 12.1. The summed E-state index contributed by atoms with van der Waals surface area (Å²) in [5, 5.41) is 3.20. The first kappa shape index (κ1) is 19.3. The lowest BCUT2D eigenvalue weighted by atomic mass is 10.3. The lowest BCUT2D eigenvalue weighted by Gasteiger charge is -2.12. The van der Waals surface area contributed by atoms with Crippen molar-refractivity contribution in [2.24, 2.45) is 0 Å². The van der Waals surface area contributed by atoms with Crippen LogP contribution in [0.4, 0.5) is 0 Å². The van der Waals surface area contributed by atoms with Crippen molar-refractivity contribution in [1.82, 2.24) is 5.32 Å². The van der Waals surface area contributed by atoms with Crippen molar-refractivity contribution in [1.29, 1.82) is 0 Å². The number of hydrogen-bond acceptors (Lipinski definition) is 5. The molecule has 0 aromatic heterocycles. The van der Waals surface area contributed by atoms with Crippen LogP contribution in [0.3, 0.4) is 0 Å². The molecular weight excluding hydrogens is 338 g/mol. The molecule has 6 heteroatoms. The van der Waals surface area contributed by atoms with Crippen LogP contribution in [0.25, 0.3) is 0 Å². The van der Waals surface area contributed by atoms with Gasteiger partial charge in [-0.25, -0.2) is 8.42 Å². The van der Waals surface area contributed by atoms with Crippen molar-refractivity contribution in [3.63, 3.8) is 0 Å². The van der Waals surface area contributed by atoms with Gasteiger partial charge in [-0.1, -0.05) is 30.3 Å².